The van der Waals surface area contributed by atoms with Crippen molar-refractivity contribution in [2.45, 2.75) is 25.7 Å². The second-order valence-electron chi connectivity index (χ2n) is 8.84. The predicted molar refractivity (Wildman–Crippen MR) is 133 cm³/mol. The van der Waals surface area contributed by atoms with Crippen LogP contribution < -0.4 is 0 Å². The lowest BCUT2D eigenvalue weighted by Crippen LogP contribution is -2.30. The van der Waals surface area contributed by atoms with Crippen LogP contribution in [0.15, 0.2) is 115 Å². The highest BCUT2D eigenvalue weighted by Crippen LogP contribution is 2.45. The topological polar surface area (TPSA) is 0 Å². The summed E-state index contributed by atoms with van der Waals surface area (Å²) in [6.07, 6.45) is 10.1. The fourth-order valence-electron chi connectivity index (χ4n) is 5.01. The molecule has 0 aromatic heterocycles. The van der Waals surface area contributed by atoms with Gasteiger partial charge in [0.15, 0.2) is 0 Å². The van der Waals surface area contributed by atoms with Crippen LogP contribution in [0.4, 0.5) is 0 Å². The molecule has 0 saturated heterocycles. The van der Waals surface area contributed by atoms with Crippen molar-refractivity contribution in [1.82, 2.24) is 0 Å². The van der Waals surface area contributed by atoms with E-state index < -0.39 is 0 Å². The monoisotopic (exact) mass is 400 g/mol. The van der Waals surface area contributed by atoms with E-state index in [9.17, 15) is 0 Å². The third-order valence-electron chi connectivity index (χ3n) is 6.90. The summed E-state index contributed by atoms with van der Waals surface area (Å²) in [6, 6.07) is 33.0. The van der Waals surface area contributed by atoms with Crippen molar-refractivity contribution in [1.29, 1.82) is 0 Å². The molecule has 0 nitrogen and oxygen atoms in total. The van der Waals surface area contributed by atoms with Crippen molar-refractivity contribution in [3.8, 4) is 11.1 Å². The van der Waals surface area contributed by atoms with Gasteiger partial charge in [-0.15, -0.1) is 0 Å². The Morgan fingerprint density at radius 2 is 1.45 bits per heavy atom. The van der Waals surface area contributed by atoms with E-state index in [2.05, 4.69) is 129 Å². The van der Waals surface area contributed by atoms with Crippen molar-refractivity contribution >= 4 is 10.8 Å². The molecule has 2 atom stereocenters. The highest BCUT2D eigenvalue weighted by molar-refractivity contribution is 5.94. The molecule has 0 radical (unpaired) electrons. The zero-order valence-electron chi connectivity index (χ0n) is 18.3. The van der Waals surface area contributed by atoms with Crippen LogP contribution in [-0.2, 0) is 11.8 Å². The maximum atomic E-state index is 2.41. The molecule has 0 aliphatic heterocycles. The maximum Gasteiger partial charge on any atom is 0.0176 e. The molecule has 4 aromatic rings. The van der Waals surface area contributed by atoms with Crippen molar-refractivity contribution in [3.63, 3.8) is 0 Å². The lowest BCUT2D eigenvalue weighted by molar-refractivity contribution is 0.458. The van der Waals surface area contributed by atoms with Crippen LogP contribution in [0.5, 0.6) is 0 Å². The first-order chi connectivity index (χ1) is 15.2. The Kier molecular flexibility index (Phi) is 5.08. The van der Waals surface area contributed by atoms with Gasteiger partial charge in [0, 0.05) is 5.41 Å². The van der Waals surface area contributed by atoms with Crippen LogP contribution in [-0.4, -0.2) is 0 Å². The SMILES string of the molecule is CC1C=CC=CC1(C)c1c(Cc2ccccc2)c(-c2ccccc2)cc2ccccc12. The summed E-state index contributed by atoms with van der Waals surface area (Å²) >= 11 is 0. The smallest absolute Gasteiger partial charge is 0.0176 e. The van der Waals surface area contributed by atoms with Crippen molar-refractivity contribution in [2.75, 3.05) is 0 Å². The average Bonchev–Trinajstić information content (AvgIpc) is 2.82. The van der Waals surface area contributed by atoms with Crippen molar-refractivity contribution in [2.24, 2.45) is 5.92 Å². The second-order valence-corrected chi connectivity index (χ2v) is 8.84. The molecular weight excluding hydrogens is 372 g/mol. The Bertz CT molecular complexity index is 1260. The summed E-state index contributed by atoms with van der Waals surface area (Å²) in [6.45, 7) is 4.75. The second kappa shape index (κ2) is 8.04. The first-order valence-electron chi connectivity index (χ1n) is 11.2. The fraction of sp³-hybridized carbons (Fsp3) is 0.161. The normalized spacial score (nSPS) is 20.3. The molecule has 4 aromatic carbocycles. The van der Waals surface area contributed by atoms with Crippen LogP contribution >= 0.6 is 0 Å². The zero-order valence-corrected chi connectivity index (χ0v) is 18.3. The van der Waals surface area contributed by atoms with Crippen LogP contribution in [0.25, 0.3) is 21.9 Å². The molecule has 1 aliphatic carbocycles. The van der Waals surface area contributed by atoms with Crippen molar-refractivity contribution < 1.29 is 0 Å². The van der Waals surface area contributed by atoms with Gasteiger partial charge in [-0.2, -0.15) is 0 Å². The van der Waals surface area contributed by atoms with E-state index >= 15 is 0 Å². The Hall–Kier alpha value is -3.38. The number of rotatable bonds is 4. The Morgan fingerprint density at radius 3 is 2.19 bits per heavy atom. The van der Waals surface area contributed by atoms with E-state index in [-0.39, 0.29) is 5.41 Å². The van der Waals surface area contributed by atoms with E-state index in [1.807, 2.05) is 0 Å². The first-order valence-corrected chi connectivity index (χ1v) is 11.2. The quantitative estimate of drug-likeness (QED) is 0.324. The lowest BCUT2D eigenvalue weighted by atomic mass is 9.66. The predicted octanol–water partition coefficient (Wildman–Crippen LogP) is 8.12. The van der Waals surface area contributed by atoms with Gasteiger partial charge < -0.3 is 0 Å². The maximum absolute atomic E-state index is 2.41. The molecule has 0 amide bonds. The molecule has 1 aliphatic rings. The molecule has 0 saturated carbocycles. The van der Waals surface area contributed by atoms with Crippen LogP contribution in [0.1, 0.15) is 30.5 Å². The molecule has 152 valence electrons. The van der Waals surface area contributed by atoms with Gasteiger partial charge in [0.2, 0.25) is 0 Å². The largest absolute Gasteiger partial charge is 0.0805 e. The fourth-order valence-corrected chi connectivity index (χ4v) is 5.01. The minimum Gasteiger partial charge on any atom is -0.0805 e. The van der Waals surface area contributed by atoms with E-state index in [0.717, 1.165) is 6.42 Å². The number of hydrogen-bond donors (Lipinski definition) is 0. The molecule has 0 fully saturated rings. The summed E-state index contributed by atoms with van der Waals surface area (Å²) in [7, 11) is 0. The summed E-state index contributed by atoms with van der Waals surface area (Å²) in [5.74, 6) is 0.418. The van der Waals surface area contributed by atoms with Gasteiger partial charge in [-0.25, -0.2) is 0 Å². The Labute approximate surface area is 185 Å². The first kappa shape index (κ1) is 19.6. The number of fused-ring (bicyclic) bond motifs is 1. The van der Waals surface area contributed by atoms with Crippen LogP contribution in [0.2, 0.25) is 0 Å². The highest BCUT2D eigenvalue weighted by atomic mass is 14.4. The highest BCUT2D eigenvalue weighted by Gasteiger charge is 2.35. The number of benzene rings is 4. The van der Waals surface area contributed by atoms with Gasteiger partial charge in [0.25, 0.3) is 0 Å². The van der Waals surface area contributed by atoms with E-state index in [1.165, 1.54) is 38.6 Å². The third-order valence-corrected chi connectivity index (χ3v) is 6.90. The summed E-state index contributed by atoms with van der Waals surface area (Å²) in [5.41, 5.74) is 6.81. The van der Waals surface area contributed by atoms with E-state index in [1.54, 1.807) is 0 Å². The van der Waals surface area contributed by atoms with Gasteiger partial charge in [-0.1, -0.05) is 123 Å². The van der Waals surface area contributed by atoms with Crippen molar-refractivity contribution in [3.05, 3.63) is 132 Å². The summed E-state index contributed by atoms with van der Waals surface area (Å²) in [5, 5.41) is 2.67. The van der Waals surface area contributed by atoms with Crippen LogP contribution in [0.3, 0.4) is 0 Å². The molecule has 0 spiro atoms. The molecule has 31 heavy (non-hydrogen) atoms. The van der Waals surface area contributed by atoms with Gasteiger partial charge in [-0.05, 0) is 57.0 Å². The van der Waals surface area contributed by atoms with Gasteiger partial charge in [-0.3, -0.25) is 0 Å². The zero-order chi connectivity index (χ0) is 21.3. The minimum atomic E-state index is -0.0662. The molecule has 2 unspecified atom stereocenters. The van der Waals surface area contributed by atoms with E-state index in [0.29, 0.717) is 5.92 Å². The molecule has 5 rings (SSSR count). The van der Waals surface area contributed by atoms with Crippen LogP contribution in [0, 0.1) is 5.92 Å². The van der Waals surface area contributed by atoms with Gasteiger partial charge in [0.1, 0.15) is 0 Å². The number of allylic oxidation sites excluding steroid dienone is 4. The van der Waals surface area contributed by atoms with Gasteiger partial charge in [0.05, 0.1) is 0 Å². The molecule has 0 heterocycles. The molecule has 0 N–H and O–H groups in total. The number of hydrogen-bond acceptors (Lipinski definition) is 0. The standard InChI is InChI=1S/C31H28/c1-23-13-11-12-20-31(23,2)30-27-19-10-9-18-26(27)22-28(25-16-7-4-8-17-25)29(30)21-24-14-5-3-6-15-24/h3-20,22-23H,21H2,1-2H3. The third kappa shape index (κ3) is 3.53. The lowest BCUT2D eigenvalue weighted by Gasteiger charge is -2.37. The van der Waals surface area contributed by atoms with Gasteiger partial charge >= 0.3 is 0 Å². The minimum absolute atomic E-state index is 0.0662. The average molecular weight is 401 g/mol. The molecule has 0 heteroatoms. The summed E-state index contributed by atoms with van der Waals surface area (Å²) in [4.78, 5) is 0. The Balaban J connectivity index is 1.87. The Morgan fingerprint density at radius 1 is 0.774 bits per heavy atom. The molecule has 0 bridgehead atoms. The summed E-state index contributed by atoms with van der Waals surface area (Å²) < 4.78 is 0. The molecular formula is C31H28. The van der Waals surface area contributed by atoms with E-state index in [4.69, 9.17) is 0 Å².